The van der Waals surface area contributed by atoms with E-state index in [9.17, 15) is 0 Å². The minimum atomic E-state index is 0.304. The standard InChI is InChI=1S/C12H16N2O2/c13-9-6-11-12(16-8-15-11)7-10(9)14-4-2-1-3-5-14/h6-7H,1-5,8,13H2. The second-order valence-electron chi connectivity index (χ2n) is 4.31. The summed E-state index contributed by atoms with van der Waals surface area (Å²) >= 11 is 0. The van der Waals surface area contributed by atoms with Crippen LogP contribution in [-0.2, 0) is 0 Å². The topological polar surface area (TPSA) is 47.7 Å². The van der Waals surface area contributed by atoms with Crippen molar-refractivity contribution in [3.63, 3.8) is 0 Å². The van der Waals surface area contributed by atoms with Gasteiger partial charge in [-0.25, -0.2) is 0 Å². The van der Waals surface area contributed by atoms with E-state index >= 15 is 0 Å². The highest BCUT2D eigenvalue weighted by Crippen LogP contribution is 2.40. The van der Waals surface area contributed by atoms with Crippen LogP contribution < -0.4 is 20.1 Å². The zero-order valence-corrected chi connectivity index (χ0v) is 9.24. The van der Waals surface area contributed by atoms with Gasteiger partial charge in [0.05, 0.1) is 11.4 Å². The van der Waals surface area contributed by atoms with E-state index in [2.05, 4.69) is 4.90 Å². The molecule has 3 rings (SSSR count). The highest BCUT2D eigenvalue weighted by Gasteiger charge is 2.20. The molecule has 1 aromatic carbocycles. The van der Waals surface area contributed by atoms with E-state index in [4.69, 9.17) is 15.2 Å². The molecule has 16 heavy (non-hydrogen) atoms. The number of hydrogen-bond acceptors (Lipinski definition) is 4. The molecule has 0 unspecified atom stereocenters. The fourth-order valence-electron chi connectivity index (χ4n) is 2.36. The largest absolute Gasteiger partial charge is 0.454 e. The summed E-state index contributed by atoms with van der Waals surface area (Å²) in [5.74, 6) is 1.58. The SMILES string of the molecule is Nc1cc2c(cc1N1CCCCC1)OCO2. The second-order valence-corrected chi connectivity index (χ2v) is 4.31. The lowest BCUT2D eigenvalue weighted by Gasteiger charge is -2.29. The maximum absolute atomic E-state index is 6.05. The molecule has 1 fully saturated rings. The van der Waals surface area contributed by atoms with Crippen molar-refractivity contribution in [3.05, 3.63) is 12.1 Å². The number of benzene rings is 1. The van der Waals surface area contributed by atoms with Gasteiger partial charge in [-0.1, -0.05) is 0 Å². The number of piperidine rings is 1. The lowest BCUT2D eigenvalue weighted by molar-refractivity contribution is 0.174. The molecule has 0 radical (unpaired) electrons. The summed E-state index contributed by atoms with van der Waals surface area (Å²) in [6, 6.07) is 3.87. The van der Waals surface area contributed by atoms with Crippen molar-refractivity contribution in [3.8, 4) is 11.5 Å². The molecule has 1 saturated heterocycles. The maximum atomic E-state index is 6.05. The van der Waals surface area contributed by atoms with Crippen molar-refractivity contribution in [1.29, 1.82) is 0 Å². The van der Waals surface area contributed by atoms with E-state index in [0.717, 1.165) is 36.0 Å². The zero-order chi connectivity index (χ0) is 11.0. The van der Waals surface area contributed by atoms with Gasteiger partial charge in [0.1, 0.15) is 0 Å². The third-order valence-corrected chi connectivity index (χ3v) is 3.22. The average Bonchev–Trinajstić information content (AvgIpc) is 2.76. The molecule has 2 N–H and O–H groups in total. The number of fused-ring (bicyclic) bond motifs is 1. The van der Waals surface area contributed by atoms with E-state index in [1.54, 1.807) is 0 Å². The van der Waals surface area contributed by atoms with Gasteiger partial charge in [-0.2, -0.15) is 0 Å². The minimum Gasteiger partial charge on any atom is -0.454 e. The molecular formula is C12H16N2O2. The Labute approximate surface area is 94.9 Å². The Bertz CT molecular complexity index is 400. The van der Waals surface area contributed by atoms with Crippen LogP contribution in [0.2, 0.25) is 0 Å². The van der Waals surface area contributed by atoms with Gasteiger partial charge < -0.3 is 20.1 Å². The van der Waals surface area contributed by atoms with Crippen molar-refractivity contribution >= 4 is 11.4 Å². The van der Waals surface area contributed by atoms with Crippen LogP contribution >= 0.6 is 0 Å². The molecule has 0 atom stereocenters. The van der Waals surface area contributed by atoms with E-state index in [1.807, 2.05) is 12.1 Å². The number of nitrogens with two attached hydrogens (primary N) is 1. The molecular weight excluding hydrogens is 204 g/mol. The van der Waals surface area contributed by atoms with Crippen LogP contribution in [0.15, 0.2) is 12.1 Å². The molecule has 2 aliphatic heterocycles. The van der Waals surface area contributed by atoms with Gasteiger partial charge in [-0.15, -0.1) is 0 Å². The maximum Gasteiger partial charge on any atom is 0.231 e. The van der Waals surface area contributed by atoms with Crippen molar-refractivity contribution in [1.82, 2.24) is 0 Å². The highest BCUT2D eigenvalue weighted by atomic mass is 16.7. The molecule has 2 aliphatic rings. The Morgan fingerprint density at radius 3 is 2.44 bits per heavy atom. The van der Waals surface area contributed by atoms with E-state index in [-0.39, 0.29) is 0 Å². The summed E-state index contributed by atoms with van der Waals surface area (Å²) in [6.07, 6.45) is 3.81. The molecule has 0 aromatic heterocycles. The Kier molecular flexibility index (Phi) is 2.27. The van der Waals surface area contributed by atoms with Gasteiger partial charge in [0.2, 0.25) is 6.79 Å². The molecule has 2 heterocycles. The van der Waals surface area contributed by atoms with Crippen LogP contribution in [0, 0.1) is 0 Å². The molecule has 0 bridgehead atoms. The molecule has 0 saturated carbocycles. The molecule has 4 nitrogen and oxygen atoms in total. The Balaban J connectivity index is 1.94. The molecule has 0 amide bonds. The van der Waals surface area contributed by atoms with Crippen molar-refractivity contribution in [2.75, 3.05) is 30.5 Å². The first kappa shape index (κ1) is 9.63. The van der Waals surface area contributed by atoms with Crippen LogP contribution in [0.25, 0.3) is 0 Å². The smallest absolute Gasteiger partial charge is 0.231 e. The lowest BCUT2D eigenvalue weighted by atomic mass is 10.1. The van der Waals surface area contributed by atoms with Gasteiger partial charge in [-0.05, 0) is 19.3 Å². The van der Waals surface area contributed by atoms with E-state index in [0.29, 0.717) is 6.79 Å². The average molecular weight is 220 g/mol. The Hall–Kier alpha value is -1.58. The van der Waals surface area contributed by atoms with Crippen LogP contribution in [0.1, 0.15) is 19.3 Å². The van der Waals surface area contributed by atoms with Crippen LogP contribution in [0.4, 0.5) is 11.4 Å². The first-order chi connectivity index (χ1) is 7.84. The van der Waals surface area contributed by atoms with Gasteiger partial charge in [-0.3, -0.25) is 0 Å². The van der Waals surface area contributed by atoms with Gasteiger partial charge in [0.25, 0.3) is 0 Å². The number of anilines is 2. The molecule has 1 aromatic rings. The summed E-state index contributed by atoms with van der Waals surface area (Å²) in [7, 11) is 0. The first-order valence-electron chi connectivity index (χ1n) is 5.79. The predicted molar refractivity (Wildman–Crippen MR) is 63.0 cm³/mol. The molecule has 0 aliphatic carbocycles. The summed E-state index contributed by atoms with van der Waals surface area (Å²) in [5, 5.41) is 0. The number of ether oxygens (including phenoxy) is 2. The number of nitrogen functional groups attached to an aromatic ring is 1. The highest BCUT2D eigenvalue weighted by molar-refractivity contribution is 5.73. The van der Waals surface area contributed by atoms with E-state index < -0.39 is 0 Å². The van der Waals surface area contributed by atoms with Gasteiger partial charge in [0, 0.05) is 25.2 Å². The summed E-state index contributed by atoms with van der Waals surface area (Å²) in [4.78, 5) is 2.33. The summed E-state index contributed by atoms with van der Waals surface area (Å²) < 4.78 is 10.7. The quantitative estimate of drug-likeness (QED) is 0.735. The van der Waals surface area contributed by atoms with Crippen molar-refractivity contribution in [2.45, 2.75) is 19.3 Å². The minimum absolute atomic E-state index is 0.304. The second kappa shape index (κ2) is 3.77. The predicted octanol–water partition coefficient (Wildman–Crippen LogP) is 1.99. The van der Waals surface area contributed by atoms with Crippen molar-refractivity contribution in [2.24, 2.45) is 0 Å². The van der Waals surface area contributed by atoms with Crippen LogP contribution in [-0.4, -0.2) is 19.9 Å². The fraction of sp³-hybridized carbons (Fsp3) is 0.500. The fourth-order valence-corrected chi connectivity index (χ4v) is 2.36. The van der Waals surface area contributed by atoms with Crippen LogP contribution in [0.5, 0.6) is 11.5 Å². The zero-order valence-electron chi connectivity index (χ0n) is 9.24. The molecule has 86 valence electrons. The normalized spacial score (nSPS) is 18.9. The third kappa shape index (κ3) is 1.54. The summed E-state index contributed by atoms with van der Waals surface area (Å²) in [6.45, 7) is 2.48. The third-order valence-electron chi connectivity index (χ3n) is 3.22. The molecule has 0 spiro atoms. The van der Waals surface area contributed by atoms with Crippen molar-refractivity contribution < 1.29 is 9.47 Å². The van der Waals surface area contributed by atoms with Gasteiger partial charge >= 0.3 is 0 Å². The number of nitrogens with zero attached hydrogens (tertiary/aromatic N) is 1. The van der Waals surface area contributed by atoms with Crippen LogP contribution in [0.3, 0.4) is 0 Å². The first-order valence-corrected chi connectivity index (χ1v) is 5.79. The van der Waals surface area contributed by atoms with Gasteiger partial charge in [0.15, 0.2) is 11.5 Å². The molecule has 4 heteroatoms. The van der Waals surface area contributed by atoms with E-state index in [1.165, 1.54) is 19.3 Å². The Morgan fingerprint density at radius 1 is 1.00 bits per heavy atom. The monoisotopic (exact) mass is 220 g/mol. The summed E-state index contributed by atoms with van der Waals surface area (Å²) in [5.41, 5.74) is 7.92. The number of rotatable bonds is 1. The lowest BCUT2D eigenvalue weighted by Crippen LogP contribution is -2.29. The number of hydrogen-bond donors (Lipinski definition) is 1. The Morgan fingerprint density at radius 2 is 1.69 bits per heavy atom.